The van der Waals surface area contributed by atoms with E-state index < -0.39 is 12.7 Å². The number of aromatic nitrogens is 2. The van der Waals surface area contributed by atoms with Crippen LogP contribution in [0.3, 0.4) is 0 Å². The lowest BCUT2D eigenvalue weighted by Crippen LogP contribution is -2.42. The molecular weight excluding hydrogens is 332 g/mol. The molecule has 0 spiro atoms. The van der Waals surface area contributed by atoms with E-state index in [1.54, 1.807) is 24.0 Å². The average molecular weight is 349 g/mol. The van der Waals surface area contributed by atoms with Crippen LogP contribution in [0.4, 0.5) is 8.78 Å². The summed E-state index contributed by atoms with van der Waals surface area (Å²) in [5, 5.41) is 0. The molecule has 25 heavy (non-hydrogen) atoms. The summed E-state index contributed by atoms with van der Waals surface area (Å²) in [4.78, 5) is 22.3. The summed E-state index contributed by atoms with van der Waals surface area (Å²) in [6.45, 7) is -0.0264. The van der Waals surface area contributed by atoms with Crippen LogP contribution < -0.4 is 4.74 Å². The van der Waals surface area contributed by atoms with Crippen LogP contribution in [0.1, 0.15) is 27.8 Å². The Balaban J connectivity index is 1.72. The Hall–Kier alpha value is -2.61. The van der Waals surface area contributed by atoms with Crippen LogP contribution in [-0.2, 0) is 4.74 Å². The molecular formula is C17H17F2N3O3. The summed E-state index contributed by atoms with van der Waals surface area (Å²) in [6.07, 6.45) is 2.56. The normalized spacial score (nSPS) is 17.6. The lowest BCUT2D eigenvalue weighted by atomic mass is 10.1. The standard InChI is InChI=1S/C17H17F2N3O3/c1-11-8-21-14(9-20-11)16(23)22-5-6-24-15(10-22)12-3-2-4-13(7-12)25-17(18)19/h2-4,7-9,15,17H,5-6,10H2,1H3. The number of aryl methyl sites for hydroxylation is 1. The number of halogens is 2. The first kappa shape index (κ1) is 17.2. The highest BCUT2D eigenvalue weighted by Crippen LogP contribution is 2.26. The zero-order valence-electron chi connectivity index (χ0n) is 13.6. The van der Waals surface area contributed by atoms with Gasteiger partial charge in [-0.1, -0.05) is 12.1 Å². The van der Waals surface area contributed by atoms with Crippen molar-refractivity contribution in [2.75, 3.05) is 19.7 Å². The van der Waals surface area contributed by atoms with Gasteiger partial charge in [-0.2, -0.15) is 8.78 Å². The van der Waals surface area contributed by atoms with Crippen molar-refractivity contribution in [2.24, 2.45) is 0 Å². The van der Waals surface area contributed by atoms with Crippen molar-refractivity contribution in [3.8, 4) is 5.75 Å². The minimum Gasteiger partial charge on any atom is -0.435 e. The number of nitrogens with zero attached hydrogens (tertiary/aromatic N) is 3. The van der Waals surface area contributed by atoms with Crippen molar-refractivity contribution in [1.29, 1.82) is 0 Å². The minimum atomic E-state index is -2.89. The molecule has 0 saturated carbocycles. The lowest BCUT2D eigenvalue weighted by Gasteiger charge is -2.33. The van der Waals surface area contributed by atoms with E-state index in [0.29, 0.717) is 25.3 Å². The van der Waals surface area contributed by atoms with Crippen molar-refractivity contribution in [1.82, 2.24) is 14.9 Å². The molecule has 1 aromatic heterocycles. The molecule has 0 aliphatic carbocycles. The summed E-state index contributed by atoms with van der Waals surface area (Å²) in [5.74, 6) is -0.176. The third-order valence-corrected chi connectivity index (χ3v) is 3.81. The molecule has 1 fully saturated rings. The monoisotopic (exact) mass is 349 g/mol. The number of carbonyl (C=O) groups excluding carboxylic acids is 1. The maximum absolute atomic E-state index is 12.5. The number of benzene rings is 1. The highest BCUT2D eigenvalue weighted by atomic mass is 19.3. The van der Waals surface area contributed by atoms with E-state index >= 15 is 0 Å². The molecule has 0 bridgehead atoms. The van der Waals surface area contributed by atoms with Crippen LogP contribution in [0.15, 0.2) is 36.7 Å². The molecule has 0 radical (unpaired) electrons. The van der Waals surface area contributed by atoms with E-state index in [2.05, 4.69) is 14.7 Å². The first-order valence-electron chi connectivity index (χ1n) is 7.77. The zero-order chi connectivity index (χ0) is 17.8. The van der Waals surface area contributed by atoms with Crippen LogP contribution in [0.25, 0.3) is 0 Å². The van der Waals surface area contributed by atoms with Gasteiger partial charge in [0.1, 0.15) is 17.5 Å². The highest BCUT2D eigenvalue weighted by molar-refractivity contribution is 5.92. The van der Waals surface area contributed by atoms with E-state index in [1.165, 1.54) is 24.5 Å². The van der Waals surface area contributed by atoms with E-state index in [0.717, 1.165) is 5.69 Å². The van der Waals surface area contributed by atoms with Gasteiger partial charge in [-0.05, 0) is 24.6 Å². The number of ether oxygens (including phenoxy) is 2. The van der Waals surface area contributed by atoms with Gasteiger partial charge in [0.2, 0.25) is 0 Å². The number of alkyl halides is 2. The van der Waals surface area contributed by atoms with E-state index in [9.17, 15) is 13.6 Å². The van der Waals surface area contributed by atoms with E-state index in [-0.39, 0.29) is 17.4 Å². The highest BCUT2D eigenvalue weighted by Gasteiger charge is 2.27. The Morgan fingerprint density at radius 2 is 2.20 bits per heavy atom. The number of rotatable bonds is 4. The fourth-order valence-electron chi connectivity index (χ4n) is 2.59. The van der Waals surface area contributed by atoms with Crippen molar-refractivity contribution in [3.63, 3.8) is 0 Å². The predicted molar refractivity (Wildman–Crippen MR) is 84.4 cm³/mol. The van der Waals surface area contributed by atoms with Crippen LogP contribution in [0.2, 0.25) is 0 Å². The van der Waals surface area contributed by atoms with Gasteiger partial charge in [-0.3, -0.25) is 9.78 Å². The van der Waals surface area contributed by atoms with Crippen molar-refractivity contribution in [2.45, 2.75) is 19.6 Å². The number of hydrogen-bond donors (Lipinski definition) is 0. The van der Waals surface area contributed by atoms with Gasteiger partial charge in [0.25, 0.3) is 5.91 Å². The fourth-order valence-corrected chi connectivity index (χ4v) is 2.59. The second kappa shape index (κ2) is 7.52. The number of morpholine rings is 1. The molecule has 1 atom stereocenters. The number of amides is 1. The summed E-state index contributed by atoms with van der Waals surface area (Å²) in [6, 6.07) is 6.31. The molecule has 1 unspecified atom stereocenters. The summed E-state index contributed by atoms with van der Waals surface area (Å²) < 4.78 is 34.8. The molecule has 2 aromatic rings. The number of hydrogen-bond acceptors (Lipinski definition) is 5. The predicted octanol–water partition coefficient (Wildman–Crippen LogP) is 2.60. The van der Waals surface area contributed by atoms with Gasteiger partial charge in [0.15, 0.2) is 0 Å². The van der Waals surface area contributed by atoms with Gasteiger partial charge in [-0.25, -0.2) is 4.98 Å². The maximum atomic E-state index is 12.5. The van der Waals surface area contributed by atoms with Gasteiger partial charge < -0.3 is 14.4 Å². The van der Waals surface area contributed by atoms with Crippen LogP contribution >= 0.6 is 0 Å². The third kappa shape index (κ3) is 4.27. The summed E-state index contributed by atoms with van der Waals surface area (Å²) >= 11 is 0. The molecule has 3 rings (SSSR count). The SMILES string of the molecule is Cc1cnc(C(=O)N2CCOC(c3cccc(OC(F)F)c3)C2)cn1. The summed E-state index contributed by atoms with van der Waals surface area (Å²) in [5.41, 5.74) is 1.67. The third-order valence-electron chi connectivity index (χ3n) is 3.81. The Bertz CT molecular complexity index is 740. The Morgan fingerprint density at radius 1 is 1.36 bits per heavy atom. The maximum Gasteiger partial charge on any atom is 0.387 e. The Morgan fingerprint density at radius 3 is 2.92 bits per heavy atom. The van der Waals surface area contributed by atoms with E-state index in [4.69, 9.17) is 4.74 Å². The van der Waals surface area contributed by atoms with Crippen molar-refractivity contribution >= 4 is 5.91 Å². The molecule has 1 aliphatic rings. The second-order valence-corrected chi connectivity index (χ2v) is 5.60. The van der Waals surface area contributed by atoms with Gasteiger partial charge in [0.05, 0.1) is 25.0 Å². The molecule has 132 valence electrons. The molecule has 1 aromatic carbocycles. The minimum absolute atomic E-state index is 0.0592. The fraction of sp³-hybridized carbons (Fsp3) is 0.353. The zero-order valence-corrected chi connectivity index (χ0v) is 13.6. The second-order valence-electron chi connectivity index (χ2n) is 5.60. The Labute approximate surface area is 143 Å². The van der Waals surface area contributed by atoms with Crippen LogP contribution in [0.5, 0.6) is 5.75 Å². The molecule has 0 N–H and O–H groups in total. The molecule has 2 heterocycles. The van der Waals surface area contributed by atoms with Gasteiger partial charge >= 0.3 is 6.61 Å². The molecule has 1 amide bonds. The largest absolute Gasteiger partial charge is 0.435 e. The number of carbonyl (C=O) groups is 1. The van der Waals surface area contributed by atoms with Crippen LogP contribution in [-0.4, -0.2) is 47.1 Å². The van der Waals surface area contributed by atoms with Crippen molar-refractivity contribution in [3.05, 3.63) is 53.6 Å². The topological polar surface area (TPSA) is 64.6 Å². The molecule has 1 aliphatic heterocycles. The van der Waals surface area contributed by atoms with Crippen LogP contribution in [0, 0.1) is 6.92 Å². The molecule has 6 nitrogen and oxygen atoms in total. The lowest BCUT2D eigenvalue weighted by molar-refractivity contribution is -0.0504. The van der Waals surface area contributed by atoms with Crippen molar-refractivity contribution < 1.29 is 23.0 Å². The van der Waals surface area contributed by atoms with Gasteiger partial charge in [-0.15, -0.1) is 0 Å². The van der Waals surface area contributed by atoms with E-state index in [1.807, 2.05) is 0 Å². The average Bonchev–Trinajstić information content (AvgIpc) is 2.61. The summed E-state index contributed by atoms with van der Waals surface area (Å²) in [7, 11) is 0. The van der Waals surface area contributed by atoms with Gasteiger partial charge in [0, 0.05) is 12.7 Å². The quantitative estimate of drug-likeness (QED) is 0.849. The first-order chi connectivity index (χ1) is 12.0. The Kier molecular flexibility index (Phi) is 5.18. The molecule has 1 saturated heterocycles. The smallest absolute Gasteiger partial charge is 0.387 e. The first-order valence-corrected chi connectivity index (χ1v) is 7.77. The molecule has 8 heteroatoms.